The molecule has 0 fully saturated rings. The molecular weight excluding hydrogens is 1110 g/mol. The first-order valence-corrected chi connectivity index (χ1v) is 26.0. The second-order valence-electron chi connectivity index (χ2n) is 19.2. The molecule has 0 heterocycles. The number of rotatable bonds is 17. The number of benzene rings is 9. The van der Waals surface area contributed by atoms with Gasteiger partial charge in [-0.25, -0.2) is 0 Å². The second kappa shape index (κ2) is 25.2. The molecule has 0 amide bonds. The minimum Gasteiger partial charge on any atom is -0.508 e. The Balaban J connectivity index is 1.05. The number of methoxy groups -OCH3 is 4. The molecule has 0 aromatic heterocycles. The van der Waals surface area contributed by atoms with Crippen molar-refractivity contribution in [3.63, 3.8) is 0 Å². The molecule has 0 aliphatic carbocycles. The topological polar surface area (TPSA) is 86.6 Å². The first-order chi connectivity index (χ1) is 40.6. The van der Waals surface area contributed by atoms with Crippen LogP contribution in [0.1, 0.15) is 77.9 Å². The van der Waals surface area contributed by atoms with Crippen LogP contribution in [0, 0.1) is 0 Å². The van der Waals surface area contributed by atoms with E-state index in [1.165, 1.54) is 77.0 Å². The molecule has 85 heavy (non-hydrogen) atoms. The van der Waals surface area contributed by atoms with Crippen molar-refractivity contribution in [2.75, 3.05) is 28.4 Å². The van der Waals surface area contributed by atoms with Crippen molar-refractivity contribution in [1.82, 2.24) is 0 Å². The summed E-state index contributed by atoms with van der Waals surface area (Å²) in [5.74, 6) is 2.42. The Labute approximate surface area is 483 Å². The molecule has 0 bridgehead atoms. The zero-order valence-electron chi connectivity index (χ0n) is 45.7. The number of phenolic OH excluding ortho intramolecular Hbond substituents is 2. The van der Waals surface area contributed by atoms with Crippen molar-refractivity contribution in [2.24, 2.45) is 0 Å². The first kappa shape index (κ1) is 59.5. The van der Waals surface area contributed by atoms with Gasteiger partial charge in [-0.2, -0.15) is 39.5 Å². The summed E-state index contributed by atoms with van der Waals surface area (Å²) in [7, 11) is 5.87. The number of aromatic hydroxyl groups is 2. The van der Waals surface area contributed by atoms with Gasteiger partial charge in [0.15, 0.2) is 0 Å². The van der Waals surface area contributed by atoms with E-state index in [4.69, 9.17) is 23.7 Å². The van der Waals surface area contributed by atoms with Crippen LogP contribution in [-0.2, 0) is 18.5 Å². The van der Waals surface area contributed by atoms with Gasteiger partial charge in [0, 0.05) is 22.3 Å². The standard InChI is InChI=1S/C69H51F9O7/c1-81-63-39-50(64(82-2)38-49(63)8-5-42-6-27-56(79)28-7-42)35-61(44-11-23-54(24-12-44)68(73,74)75)47-17-31-58(32-18-47)85-59-33-19-48(20-34-59)62(45-13-25-55(26-14-45)69(76,77)78)37-52-41-65(83-3)51(40-66(52)84-4)36-60(46-15-29-57(80)30-16-46)43-9-21-53(22-10-43)67(70,71)72/h5-41,79-80H,1-4H3/b8-5+,60-36-,61-35+,62-37+. The molecule has 2 N–H and O–H groups in total. The van der Waals surface area contributed by atoms with E-state index in [2.05, 4.69) is 0 Å². The Morgan fingerprint density at radius 1 is 0.318 bits per heavy atom. The van der Waals surface area contributed by atoms with Crippen molar-refractivity contribution in [3.05, 3.63) is 272 Å². The quantitative estimate of drug-likeness (QED) is 0.0694. The van der Waals surface area contributed by atoms with Gasteiger partial charge in [-0.1, -0.05) is 97.1 Å². The van der Waals surface area contributed by atoms with Gasteiger partial charge in [-0.05, 0) is 183 Å². The van der Waals surface area contributed by atoms with Crippen molar-refractivity contribution < 1.29 is 73.4 Å². The Hall–Kier alpha value is -10.1. The van der Waals surface area contributed by atoms with Crippen LogP contribution in [0.5, 0.6) is 46.0 Å². The molecule has 16 heteroatoms. The van der Waals surface area contributed by atoms with E-state index in [1.807, 2.05) is 12.2 Å². The maximum atomic E-state index is 13.9. The summed E-state index contributed by atoms with van der Waals surface area (Å²) in [4.78, 5) is 0. The fraction of sp³-hybridized carbons (Fsp3) is 0.101. The Morgan fingerprint density at radius 3 is 0.847 bits per heavy atom. The summed E-state index contributed by atoms with van der Waals surface area (Å²) in [6.07, 6.45) is -4.87. The van der Waals surface area contributed by atoms with Crippen LogP contribution in [0.4, 0.5) is 39.5 Å². The molecule has 0 atom stereocenters. The molecule has 0 saturated heterocycles. The van der Waals surface area contributed by atoms with E-state index < -0.39 is 35.2 Å². The maximum absolute atomic E-state index is 13.9. The summed E-state index contributed by atoms with van der Waals surface area (Å²) >= 11 is 0. The highest BCUT2D eigenvalue weighted by molar-refractivity contribution is 5.96. The largest absolute Gasteiger partial charge is 0.508 e. The molecule has 9 aromatic rings. The third-order valence-electron chi connectivity index (χ3n) is 13.7. The van der Waals surface area contributed by atoms with E-state index in [0.29, 0.717) is 107 Å². The van der Waals surface area contributed by atoms with Crippen LogP contribution in [-0.4, -0.2) is 38.7 Å². The summed E-state index contributed by atoms with van der Waals surface area (Å²) in [5, 5.41) is 19.8. The molecule has 432 valence electrons. The van der Waals surface area contributed by atoms with E-state index in [1.54, 1.807) is 127 Å². The molecule has 0 aliphatic rings. The van der Waals surface area contributed by atoms with E-state index >= 15 is 0 Å². The molecule has 0 spiro atoms. The fourth-order valence-electron chi connectivity index (χ4n) is 9.29. The molecule has 7 nitrogen and oxygen atoms in total. The highest BCUT2D eigenvalue weighted by atomic mass is 19.4. The number of halogens is 9. The average Bonchev–Trinajstić information content (AvgIpc) is 2.54. The minimum absolute atomic E-state index is 0.0220. The van der Waals surface area contributed by atoms with Gasteiger partial charge < -0.3 is 33.9 Å². The lowest BCUT2D eigenvalue weighted by Crippen LogP contribution is -2.04. The highest BCUT2D eigenvalue weighted by Gasteiger charge is 2.32. The fourth-order valence-corrected chi connectivity index (χ4v) is 9.29. The lowest BCUT2D eigenvalue weighted by atomic mass is 9.92. The predicted octanol–water partition coefficient (Wildman–Crippen LogP) is 18.9. The molecular formula is C69H51F9O7. The molecule has 9 rings (SSSR count). The molecule has 0 unspecified atom stereocenters. The maximum Gasteiger partial charge on any atom is 0.416 e. The van der Waals surface area contributed by atoms with E-state index in [-0.39, 0.29) is 11.5 Å². The van der Waals surface area contributed by atoms with Crippen LogP contribution in [0.2, 0.25) is 0 Å². The number of ether oxygens (including phenoxy) is 5. The summed E-state index contributed by atoms with van der Waals surface area (Å²) < 4.78 is 153. The van der Waals surface area contributed by atoms with Gasteiger partial charge in [0.05, 0.1) is 45.1 Å². The van der Waals surface area contributed by atoms with Crippen LogP contribution in [0.25, 0.3) is 47.1 Å². The van der Waals surface area contributed by atoms with Gasteiger partial charge >= 0.3 is 18.5 Å². The van der Waals surface area contributed by atoms with Gasteiger partial charge in [-0.3, -0.25) is 0 Å². The molecule has 9 aromatic carbocycles. The number of phenols is 2. The first-order valence-electron chi connectivity index (χ1n) is 26.0. The van der Waals surface area contributed by atoms with E-state index in [9.17, 15) is 49.7 Å². The summed E-state index contributed by atoms with van der Waals surface area (Å²) in [5.41, 5.74) is 4.97. The number of hydrogen-bond acceptors (Lipinski definition) is 7. The zero-order chi connectivity index (χ0) is 60.6. The van der Waals surface area contributed by atoms with Gasteiger partial charge in [-0.15, -0.1) is 0 Å². The third kappa shape index (κ3) is 14.4. The second-order valence-corrected chi connectivity index (χ2v) is 19.2. The minimum atomic E-state index is -4.61. The normalized spacial score (nSPS) is 12.6. The molecule has 0 aliphatic heterocycles. The average molecular weight is 1160 g/mol. The van der Waals surface area contributed by atoms with Crippen molar-refractivity contribution in [2.45, 2.75) is 18.5 Å². The van der Waals surface area contributed by atoms with Crippen LogP contribution < -0.4 is 23.7 Å². The Kier molecular flexibility index (Phi) is 17.6. The van der Waals surface area contributed by atoms with Crippen LogP contribution in [0.15, 0.2) is 194 Å². The molecule has 0 saturated carbocycles. The van der Waals surface area contributed by atoms with Crippen LogP contribution >= 0.6 is 0 Å². The highest BCUT2D eigenvalue weighted by Crippen LogP contribution is 2.42. The Morgan fingerprint density at radius 2 is 0.565 bits per heavy atom. The third-order valence-corrected chi connectivity index (χ3v) is 13.7. The van der Waals surface area contributed by atoms with Gasteiger partial charge in [0.2, 0.25) is 0 Å². The lowest BCUT2D eigenvalue weighted by molar-refractivity contribution is -0.138. The summed E-state index contributed by atoms with van der Waals surface area (Å²) in [6.45, 7) is 0. The van der Waals surface area contributed by atoms with Gasteiger partial charge in [0.1, 0.15) is 46.0 Å². The summed E-state index contributed by atoms with van der Waals surface area (Å²) in [6, 6.07) is 47.4. The van der Waals surface area contributed by atoms with Gasteiger partial charge in [0.25, 0.3) is 0 Å². The van der Waals surface area contributed by atoms with E-state index in [0.717, 1.165) is 42.0 Å². The number of hydrogen-bond donors (Lipinski definition) is 2. The van der Waals surface area contributed by atoms with Crippen LogP contribution in [0.3, 0.4) is 0 Å². The monoisotopic (exact) mass is 1160 g/mol. The molecule has 0 radical (unpaired) electrons. The van der Waals surface area contributed by atoms with Crippen molar-refractivity contribution >= 4 is 47.1 Å². The number of alkyl halides is 9. The smallest absolute Gasteiger partial charge is 0.416 e. The van der Waals surface area contributed by atoms with Crippen molar-refractivity contribution in [3.8, 4) is 46.0 Å². The lowest BCUT2D eigenvalue weighted by Gasteiger charge is -2.16. The SMILES string of the molecule is COc1cc(/C=C(/c2ccc(Oc3ccc(/C(=C/c4cc(OC)c(/C=C/c5ccc(O)cc5)cc4OC)c4ccc(C(F)(F)F)cc4)cc3)cc2)c2ccc(C(F)(F)F)cc2)c(OC)cc1/C=C(\c1ccc(O)cc1)c1ccc(C(F)(F)F)cc1. The Bertz CT molecular complexity index is 3920. The van der Waals surface area contributed by atoms with Crippen molar-refractivity contribution in [1.29, 1.82) is 0 Å². The predicted molar refractivity (Wildman–Crippen MR) is 312 cm³/mol. The zero-order valence-corrected chi connectivity index (χ0v) is 45.7.